The number of benzene rings is 3. The Hall–Kier alpha value is -3.77. The molecule has 0 saturated carbocycles. The van der Waals surface area contributed by atoms with Gasteiger partial charge in [-0.05, 0) is 53.6 Å². The highest BCUT2D eigenvalue weighted by atomic mass is 35.5. The minimum Gasteiger partial charge on any atom is -0.507 e. The number of Topliss-reactive ketones (excluding diaryl/α,β-unsaturated/α-hetero) is 1. The van der Waals surface area contributed by atoms with Crippen LogP contribution in [-0.4, -0.2) is 47.3 Å². The Balaban J connectivity index is 1.38. The number of anilines is 1. The van der Waals surface area contributed by atoms with Gasteiger partial charge in [0.25, 0.3) is 5.78 Å². The summed E-state index contributed by atoms with van der Waals surface area (Å²) in [5, 5.41) is 21.2. The molecule has 2 aliphatic rings. The van der Waals surface area contributed by atoms with Crippen molar-refractivity contribution in [3.05, 3.63) is 93.0 Å². The first-order valence-electron chi connectivity index (χ1n) is 12.6. The van der Waals surface area contributed by atoms with E-state index in [0.717, 1.165) is 16.9 Å². The summed E-state index contributed by atoms with van der Waals surface area (Å²) >= 11 is 14.9. The highest BCUT2D eigenvalue weighted by Crippen LogP contribution is 2.45. The van der Waals surface area contributed by atoms with E-state index in [1.54, 1.807) is 61.7 Å². The summed E-state index contributed by atoms with van der Waals surface area (Å²) in [5.41, 5.74) is 1.66. The summed E-state index contributed by atoms with van der Waals surface area (Å²) in [6.45, 7) is 0.769. The van der Waals surface area contributed by atoms with E-state index in [0.29, 0.717) is 61.7 Å². The zero-order valence-corrected chi connectivity index (χ0v) is 25.0. The van der Waals surface area contributed by atoms with Crippen molar-refractivity contribution in [1.29, 1.82) is 0 Å². The predicted molar refractivity (Wildman–Crippen MR) is 161 cm³/mol. The maximum Gasteiger partial charge on any atom is 0.301 e. The fraction of sp³-hybridized carbons (Fsp3) is 0.172. The molecule has 1 atom stereocenters. The van der Waals surface area contributed by atoms with Gasteiger partial charge in [-0.15, -0.1) is 10.2 Å². The zero-order chi connectivity index (χ0) is 29.4. The second kappa shape index (κ2) is 11.8. The van der Waals surface area contributed by atoms with Gasteiger partial charge < -0.3 is 19.3 Å². The molecule has 0 bridgehead atoms. The van der Waals surface area contributed by atoms with Crippen LogP contribution in [0.5, 0.6) is 17.2 Å². The molecule has 9 nitrogen and oxygen atoms in total. The van der Waals surface area contributed by atoms with Gasteiger partial charge in [0, 0.05) is 21.4 Å². The lowest BCUT2D eigenvalue weighted by Crippen LogP contribution is -2.29. The van der Waals surface area contributed by atoms with Crippen molar-refractivity contribution in [3.63, 3.8) is 0 Å². The number of halogens is 2. The number of aliphatic hydroxyl groups excluding tert-OH is 1. The van der Waals surface area contributed by atoms with Crippen molar-refractivity contribution in [3.8, 4) is 17.2 Å². The van der Waals surface area contributed by atoms with E-state index in [1.165, 1.54) is 16.7 Å². The largest absolute Gasteiger partial charge is 0.507 e. The van der Waals surface area contributed by atoms with Crippen LogP contribution in [0.1, 0.15) is 22.7 Å². The van der Waals surface area contributed by atoms with Crippen LogP contribution in [-0.2, 0) is 15.3 Å². The molecular formula is C29H21Cl2N3O6S2. The molecule has 0 spiro atoms. The smallest absolute Gasteiger partial charge is 0.301 e. The van der Waals surface area contributed by atoms with Gasteiger partial charge >= 0.3 is 5.91 Å². The Morgan fingerprint density at radius 3 is 2.55 bits per heavy atom. The van der Waals surface area contributed by atoms with Crippen LogP contribution in [0.2, 0.25) is 10.0 Å². The van der Waals surface area contributed by atoms with Gasteiger partial charge in [-0.25, -0.2) is 0 Å². The van der Waals surface area contributed by atoms with Crippen molar-refractivity contribution >= 4 is 68.9 Å². The van der Waals surface area contributed by atoms with Crippen LogP contribution < -0.4 is 19.1 Å². The highest BCUT2D eigenvalue weighted by molar-refractivity contribution is 8.00. The lowest BCUT2D eigenvalue weighted by Gasteiger charge is -2.23. The standard InChI is InChI=1S/C29H21Cl2N3O6S2/c1-38-19-7-3-15(4-8-19)24-23(25(35)16-5-9-21-22(12-16)40-11-10-39-21)26(36)27(37)34(24)28-32-33-29(42-28)41-14-17-2-6-18(30)13-20(17)31/h2-9,12-13,24,35H,10-11,14H2,1H3/t24-/m1/s1. The molecule has 4 aromatic rings. The van der Waals surface area contributed by atoms with E-state index in [9.17, 15) is 14.7 Å². The van der Waals surface area contributed by atoms with Gasteiger partial charge in [-0.2, -0.15) is 0 Å². The number of aromatic nitrogens is 2. The second-order valence-corrected chi connectivity index (χ2v) is 12.2. The molecule has 0 radical (unpaired) electrons. The summed E-state index contributed by atoms with van der Waals surface area (Å²) in [5.74, 6) is 0.0399. The topological polar surface area (TPSA) is 111 Å². The number of carbonyl (C=O) groups is 2. The number of hydrogen-bond donors (Lipinski definition) is 1. The molecule has 1 saturated heterocycles. The van der Waals surface area contributed by atoms with E-state index in [2.05, 4.69) is 10.2 Å². The zero-order valence-electron chi connectivity index (χ0n) is 21.9. The van der Waals surface area contributed by atoms with Crippen LogP contribution in [0.3, 0.4) is 0 Å². The second-order valence-electron chi connectivity index (χ2n) is 9.18. The van der Waals surface area contributed by atoms with Crippen molar-refractivity contribution in [1.82, 2.24) is 10.2 Å². The Bertz CT molecular complexity index is 1730. The SMILES string of the molecule is COc1ccc([C@@H]2C(=C(O)c3ccc4c(c3)OCCO4)C(=O)C(=O)N2c2nnc(SCc3ccc(Cl)cc3Cl)s2)cc1. The Kier molecular flexibility index (Phi) is 8.00. The van der Waals surface area contributed by atoms with Gasteiger partial charge in [-0.3, -0.25) is 14.5 Å². The molecule has 42 heavy (non-hydrogen) atoms. The molecule has 3 heterocycles. The Morgan fingerprint density at radius 2 is 1.81 bits per heavy atom. The molecular weight excluding hydrogens is 621 g/mol. The number of ketones is 1. The molecule has 1 amide bonds. The summed E-state index contributed by atoms with van der Waals surface area (Å²) in [6, 6.07) is 16.0. The van der Waals surface area contributed by atoms with Crippen molar-refractivity contribution in [2.75, 3.05) is 25.2 Å². The lowest BCUT2D eigenvalue weighted by molar-refractivity contribution is -0.132. The van der Waals surface area contributed by atoms with Crippen molar-refractivity contribution in [2.24, 2.45) is 0 Å². The van der Waals surface area contributed by atoms with Crippen LogP contribution in [0, 0.1) is 0 Å². The van der Waals surface area contributed by atoms with E-state index < -0.39 is 17.7 Å². The van der Waals surface area contributed by atoms with E-state index in [-0.39, 0.29) is 16.5 Å². The van der Waals surface area contributed by atoms with Gasteiger partial charge in [-0.1, -0.05) is 64.5 Å². The maximum absolute atomic E-state index is 13.5. The molecule has 0 aliphatic carbocycles. The van der Waals surface area contributed by atoms with Crippen LogP contribution >= 0.6 is 46.3 Å². The normalized spacial score (nSPS) is 17.5. The van der Waals surface area contributed by atoms with Crippen LogP contribution in [0.4, 0.5) is 5.13 Å². The molecule has 13 heteroatoms. The van der Waals surface area contributed by atoms with E-state index >= 15 is 0 Å². The summed E-state index contributed by atoms with van der Waals surface area (Å²) < 4.78 is 17.1. The van der Waals surface area contributed by atoms with Gasteiger partial charge in [0.05, 0.1) is 18.7 Å². The third kappa shape index (κ3) is 5.40. The number of thioether (sulfide) groups is 1. The molecule has 0 unspecified atom stereocenters. The summed E-state index contributed by atoms with van der Waals surface area (Å²) in [4.78, 5) is 28.3. The fourth-order valence-corrected chi connectivity index (χ4v) is 7.04. The fourth-order valence-electron chi connectivity index (χ4n) is 4.61. The Labute approximate surface area is 258 Å². The highest BCUT2D eigenvalue weighted by Gasteiger charge is 2.48. The van der Waals surface area contributed by atoms with Crippen LogP contribution in [0.15, 0.2) is 70.6 Å². The minimum atomic E-state index is -0.972. The number of methoxy groups -OCH3 is 1. The number of hydrogen-bond acceptors (Lipinski definition) is 10. The minimum absolute atomic E-state index is 0.0841. The molecule has 1 aromatic heterocycles. The Morgan fingerprint density at radius 1 is 1.05 bits per heavy atom. The number of rotatable bonds is 7. The third-order valence-corrected chi connectivity index (χ3v) is 9.35. The number of carbonyl (C=O) groups excluding carboxylic acids is 2. The first kappa shape index (κ1) is 28.4. The third-order valence-electron chi connectivity index (χ3n) is 6.66. The van der Waals surface area contributed by atoms with Crippen LogP contribution in [0.25, 0.3) is 5.76 Å². The molecule has 1 fully saturated rings. The number of amides is 1. The van der Waals surface area contributed by atoms with Gasteiger partial charge in [0.15, 0.2) is 15.8 Å². The first-order valence-corrected chi connectivity index (χ1v) is 15.1. The van der Waals surface area contributed by atoms with Crippen molar-refractivity contribution < 1.29 is 28.9 Å². The number of ether oxygens (including phenoxy) is 3. The molecule has 6 rings (SSSR count). The van der Waals surface area contributed by atoms with E-state index in [4.69, 9.17) is 37.4 Å². The molecule has 2 aliphatic heterocycles. The lowest BCUT2D eigenvalue weighted by atomic mass is 9.95. The monoisotopic (exact) mass is 641 g/mol. The summed E-state index contributed by atoms with van der Waals surface area (Å²) in [6.07, 6.45) is 0. The average molecular weight is 643 g/mol. The number of fused-ring (bicyclic) bond motifs is 1. The predicted octanol–water partition coefficient (Wildman–Crippen LogP) is 6.54. The maximum atomic E-state index is 13.5. The molecule has 214 valence electrons. The summed E-state index contributed by atoms with van der Waals surface area (Å²) in [7, 11) is 1.54. The number of nitrogens with zero attached hydrogens (tertiary/aromatic N) is 3. The quantitative estimate of drug-likeness (QED) is 0.0790. The van der Waals surface area contributed by atoms with E-state index in [1.807, 2.05) is 6.07 Å². The molecule has 3 aromatic carbocycles. The molecule has 1 N–H and O–H groups in total. The van der Waals surface area contributed by atoms with Gasteiger partial charge in [0.2, 0.25) is 5.13 Å². The van der Waals surface area contributed by atoms with Gasteiger partial charge in [0.1, 0.15) is 24.7 Å². The first-order chi connectivity index (χ1) is 20.3. The van der Waals surface area contributed by atoms with Crippen molar-refractivity contribution in [2.45, 2.75) is 16.1 Å². The average Bonchev–Trinajstić information content (AvgIpc) is 3.57. The number of aliphatic hydroxyl groups is 1.